The van der Waals surface area contributed by atoms with E-state index >= 15 is 0 Å². The van der Waals surface area contributed by atoms with E-state index in [1.807, 2.05) is 0 Å². The second-order valence-corrected chi connectivity index (χ2v) is 5.93. The molecule has 0 N–H and O–H groups in total. The summed E-state index contributed by atoms with van der Waals surface area (Å²) >= 11 is 2.68. The molecule has 0 heterocycles. The van der Waals surface area contributed by atoms with Crippen LogP contribution in [0.25, 0.3) is 0 Å². The molecular formula is C10H17I. The first-order valence-corrected chi connectivity index (χ1v) is 6.17. The molecule has 0 spiro atoms. The van der Waals surface area contributed by atoms with Crippen molar-refractivity contribution in [3.63, 3.8) is 0 Å². The number of rotatable bonds is 1. The number of hydrogen-bond donors (Lipinski definition) is 0. The summed E-state index contributed by atoms with van der Waals surface area (Å²) in [6, 6.07) is 0. The quantitative estimate of drug-likeness (QED) is 0.501. The smallest absolute Gasteiger partial charge is 0.0141 e. The first kappa shape index (κ1) is 8.33. The van der Waals surface area contributed by atoms with Gasteiger partial charge in [-0.15, -0.1) is 0 Å². The molecule has 2 fully saturated rings. The van der Waals surface area contributed by atoms with Gasteiger partial charge in [0, 0.05) is 3.92 Å². The van der Waals surface area contributed by atoms with Crippen molar-refractivity contribution in [3.8, 4) is 0 Å². The predicted molar refractivity (Wildman–Crippen MR) is 57.0 cm³/mol. The van der Waals surface area contributed by atoms with Crippen LogP contribution < -0.4 is 0 Å². The highest BCUT2D eigenvalue weighted by Gasteiger charge is 2.39. The molecule has 4 atom stereocenters. The minimum Gasteiger partial charge on any atom is -0.0823 e. The van der Waals surface area contributed by atoms with Crippen molar-refractivity contribution in [2.45, 2.75) is 43.0 Å². The van der Waals surface area contributed by atoms with E-state index in [-0.39, 0.29) is 0 Å². The Morgan fingerprint density at radius 1 is 1.00 bits per heavy atom. The highest BCUT2D eigenvalue weighted by Crippen LogP contribution is 2.48. The van der Waals surface area contributed by atoms with Crippen molar-refractivity contribution in [1.82, 2.24) is 0 Å². The summed E-state index contributed by atoms with van der Waals surface area (Å²) in [6.45, 7) is 2.44. The molecule has 2 saturated carbocycles. The Bertz CT molecular complexity index is 144. The summed E-state index contributed by atoms with van der Waals surface area (Å²) in [5, 5.41) is 0. The third-order valence-electron chi connectivity index (χ3n) is 3.72. The lowest BCUT2D eigenvalue weighted by Crippen LogP contribution is -2.32. The summed E-state index contributed by atoms with van der Waals surface area (Å²) in [5.41, 5.74) is 0. The van der Waals surface area contributed by atoms with Crippen LogP contribution in [0.5, 0.6) is 0 Å². The Morgan fingerprint density at radius 2 is 1.82 bits per heavy atom. The molecule has 0 aliphatic heterocycles. The average Bonchev–Trinajstić information content (AvgIpc) is 2.34. The van der Waals surface area contributed by atoms with Gasteiger partial charge in [0.1, 0.15) is 0 Å². The Morgan fingerprint density at radius 3 is 2.18 bits per heavy atom. The summed E-state index contributed by atoms with van der Waals surface area (Å²) in [4.78, 5) is 0. The van der Waals surface area contributed by atoms with Crippen molar-refractivity contribution in [3.05, 3.63) is 0 Å². The van der Waals surface area contributed by atoms with E-state index in [2.05, 4.69) is 29.5 Å². The molecular weight excluding hydrogens is 247 g/mol. The lowest BCUT2D eigenvalue weighted by atomic mass is 9.67. The Balaban J connectivity index is 1.93. The molecule has 0 aromatic heterocycles. The van der Waals surface area contributed by atoms with Gasteiger partial charge in [-0.05, 0) is 37.0 Å². The van der Waals surface area contributed by atoms with Gasteiger partial charge in [0.15, 0.2) is 0 Å². The van der Waals surface area contributed by atoms with Crippen LogP contribution in [0.1, 0.15) is 39.0 Å². The molecule has 4 unspecified atom stereocenters. The van der Waals surface area contributed by atoms with Gasteiger partial charge in [0.25, 0.3) is 0 Å². The highest BCUT2D eigenvalue weighted by molar-refractivity contribution is 14.1. The van der Waals surface area contributed by atoms with Crippen LogP contribution in [0, 0.1) is 17.8 Å². The molecule has 64 valence electrons. The van der Waals surface area contributed by atoms with Crippen LogP contribution in [0.2, 0.25) is 0 Å². The maximum Gasteiger partial charge on any atom is 0.0141 e. The van der Waals surface area contributed by atoms with Gasteiger partial charge in [-0.25, -0.2) is 0 Å². The fraction of sp³-hybridized carbons (Fsp3) is 1.00. The molecule has 2 aliphatic rings. The summed E-state index contributed by atoms with van der Waals surface area (Å²) in [7, 11) is 0. The normalized spacial score (nSPS) is 50.7. The largest absolute Gasteiger partial charge is 0.0823 e. The molecule has 0 aromatic rings. The molecule has 1 heteroatoms. The minimum atomic E-state index is 1.01. The first-order valence-electron chi connectivity index (χ1n) is 4.93. The third kappa shape index (κ3) is 1.45. The zero-order valence-corrected chi connectivity index (χ0v) is 9.38. The van der Waals surface area contributed by atoms with Crippen LogP contribution in [0.15, 0.2) is 0 Å². The zero-order valence-electron chi connectivity index (χ0n) is 7.22. The van der Waals surface area contributed by atoms with Crippen molar-refractivity contribution in [2.75, 3.05) is 0 Å². The number of hydrogen-bond acceptors (Lipinski definition) is 0. The fourth-order valence-electron chi connectivity index (χ4n) is 2.75. The molecule has 2 aliphatic carbocycles. The maximum atomic E-state index is 2.68. The Labute approximate surface area is 83.3 Å². The van der Waals surface area contributed by atoms with Gasteiger partial charge in [-0.3, -0.25) is 0 Å². The van der Waals surface area contributed by atoms with E-state index in [0.29, 0.717) is 0 Å². The summed E-state index contributed by atoms with van der Waals surface area (Å²) in [5.74, 6) is 3.26. The van der Waals surface area contributed by atoms with Crippen LogP contribution in [0.3, 0.4) is 0 Å². The van der Waals surface area contributed by atoms with E-state index in [4.69, 9.17) is 0 Å². The van der Waals surface area contributed by atoms with Crippen molar-refractivity contribution < 1.29 is 0 Å². The van der Waals surface area contributed by atoms with Gasteiger partial charge in [0.05, 0.1) is 0 Å². The molecule has 0 radical (unpaired) electrons. The van der Waals surface area contributed by atoms with Gasteiger partial charge in [0.2, 0.25) is 0 Å². The van der Waals surface area contributed by atoms with Gasteiger partial charge in [-0.1, -0.05) is 42.4 Å². The number of halogens is 1. The summed E-state index contributed by atoms with van der Waals surface area (Å²) in [6.07, 6.45) is 7.56. The fourth-order valence-corrected chi connectivity index (χ4v) is 4.09. The first-order chi connectivity index (χ1) is 5.29. The lowest BCUT2D eigenvalue weighted by molar-refractivity contribution is 0.127. The highest BCUT2D eigenvalue weighted by atomic mass is 127. The third-order valence-corrected chi connectivity index (χ3v) is 5.26. The van der Waals surface area contributed by atoms with Crippen LogP contribution >= 0.6 is 22.6 Å². The van der Waals surface area contributed by atoms with Crippen LogP contribution in [-0.2, 0) is 0 Å². The van der Waals surface area contributed by atoms with Gasteiger partial charge in [-0.2, -0.15) is 0 Å². The zero-order chi connectivity index (χ0) is 7.84. The average molecular weight is 264 g/mol. The SMILES string of the molecule is CC1CCC1C1CCCC1I. The predicted octanol–water partition coefficient (Wildman–Crippen LogP) is 3.64. The second-order valence-electron chi connectivity index (χ2n) is 4.33. The lowest BCUT2D eigenvalue weighted by Gasteiger charge is -2.40. The van der Waals surface area contributed by atoms with Gasteiger partial charge >= 0.3 is 0 Å². The van der Waals surface area contributed by atoms with Crippen molar-refractivity contribution >= 4 is 22.6 Å². The van der Waals surface area contributed by atoms with E-state index in [1.54, 1.807) is 0 Å². The van der Waals surface area contributed by atoms with E-state index in [9.17, 15) is 0 Å². The molecule has 0 saturated heterocycles. The van der Waals surface area contributed by atoms with Gasteiger partial charge < -0.3 is 0 Å². The molecule has 11 heavy (non-hydrogen) atoms. The topological polar surface area (TPSA) is 0 Å². The summed E-state index contributed by atoms with van der Waals surface area (Å²) < 4.78 is 1.01. The van der Waals surface area contributed by atoms with Crippen molar-refractivity contribution in [2.24, 2.45) is 17.8 Å². The molecule has 0 nitrogen and oxygen atoms in total. The molecule has 0 aromatic carbocycles. The molecule has 0 bridgehead atoms. The maximum absolute atomic E-state index is 2.68. The number of alkyl halides is 1. The van der Waals surface area contributed by atoms with Crippen molar-refractivity contribution in [1.29, 1.82) is 0 Å². The second kappa shape index (κ2) is 3.23. The van der Waals surface area contributed by atoms with Crippen LogP contribution in [0.4, 0.5) is 0 Å². The van der Waals surface area contributed by atoms with E-state index in [1.165, 1.54) is 32.1 Å². The molecule has 0 amide bonds. The van der Waals surface area contributed by atoms with Crippen LogP contribution in [-0.4, -0.2) is 3.92 Å². The Hall–Kier alpha value is 0.730. The Kier molecular flexibility index (Phi) is 2.45. The van der Waals surface area contributed by atoms with E-state index < -0.39 is 0 Å². The standard InChI is InChI=1S/C10H17I/c1-7-5-6-8(7)9-3-2-4-10(9)11/h7-10H,2-6H2,1H3. The molecule has 2 rings (SSSR count). The van der Waals surface area contributed by atoms with E-state index in [0.717, 1.165) is 21.7 Å². The minimum absolute atomic E-state index is 1.01. The monoisotopic (exact) mass is 264 g/mol.